The van der Waals surface area contributed by atoms with Crippen LogP contribution in [0.4, 0.5) is 17.1 Å². The minimum Gasteiger partial charge on any atom is -0.310 e. The molecule has 0 saturated heterocycles. The van der Waals surface area contributed by atoms with Gasteiger partial charge in [0.1, 0.15) is 0 Å². The molecule has 0 N–H and O–H groups in total. The van der Waals surface area contributed by atoms with Crippen molar-refractivity contribution in [2.75, 3.05) is 4.90 Å². The van der Waals surface area contributed by atoms with Crippen LogP contribution in [0, 0.1) is 0 Å². The van der Waals surface area contributed by atoms with E-state index in [0.717, 1.165) is 17.1 Å². The Morgan fingerprint density at radius 2 is 0.880 bits per heavy atom. The summed E-state index contributed by atoms with van der Waals surface area (Å²) in [5, 5.41) is 2.52. The van der Waals surface area contributed by atoms with Crippen LogP contribution in [-0.2, 0) is 5.41 Å². The highest BCUT2D eigenvalue weighted by Crippen LogP contribution is 2.53. The molecule has 0 amide bonds. The SMILES string of the molecule is CC1(C)c2ccc(N(c3ccc(-c4ccccc4)cc3)c3ccc(-c4cccc5ccccc45)cc3)cc2-c2c(-c3ccccc3)cccc21. The molecule has 9 rings (SSSR count). The third-order valence-electron chi connectivity index (χ3n) is 10.5. The predicted octanol–water partition coefficient (Wildman–Crippen LogP) is 13.6. The Bertz CT molecular complexity index is 2470. The van der Waals surface area contributed by atoms with E-state index in [-0.39, 0.29) is 5.41 Å². The molecule has 1 heteroatoms. The van der Waals surface area contributed by atoms with E-state index in [1.165, 1.54) is 66.4 Å². The molecule has 238 valence electrons. The van der Waals surface area contributed by atoms with Gasteiger partial charge >= 0.3 is 0 Å². The Balaban J connectivity index is 1.20. The van der Waals surface area contributed by atoms with Crippen LogP contribution in [0.5, 0.6) is 0 Å². The normalized spacial score (nSPS) is 12.8. The maximum atomic E-state index is 2.42. The summed E-state index contributed by atoms with van der Waals surface area (Å²) >= 11 is 0. The van der Waals surface area contributed by atoms with Gasteiger partial charge in [0.15, 0.2) is 0 Å². The second kappa shape index (κ2) is 12.1. The number of anilines is 3. The lowest BCUT2D eigenvalue weighted by molar-refractivity contribution is 0.660. The van der Waals surface area contributed by atoms with Crippen molar-refractivity contribution in [2.24, 2.45) is 0 Å². The molecule has 0 unspecified atom stereocenters. The molecule has 0 aromatic heterocycles. The summed E-state index contributed by atoms with van der Waals surface area (Å²) in [7, 11) is 0. The van der Waals surface area contributed by atoms with Crippen molar-refractivity contribution >= 4 is 27.8 Å². The van der Waals surface area contributed by atoms with Gasteiger partial charge in [-0.1, -0.05) is 166 Å². The minimum absolute atomic E-state index is 0.101. The van der Waals surface area contributed by atoms with Crippen LogP contribution in [0.1, 0.15) is 25.0 Å². The van der Waals surface area contributed by atoms with Gasteiger partial charge in [0.05, 0.1) is 0 Å². The summed E-state index contributed by atoms with van der Waals surface area (Å²) in [6, 6.07) is 68.5. The molecule has 0 radical (unpaired) electrons. The number of fused-ring (bicyclic) bond motifs is 4. The van der Waals surface area contributed by atoms with Crippen molar-refractivity contribution in [3.05, 3.63) is 199 Å². The Kier molecular flexibility index (Phi) is 7.21. The molecular weight excluding hydrogens is 603 g/mol. The molecule has 0 fully saturated rings. The fourth-order valence-corrected chi connectivity index (χ4v) is 7.94. The number of hydrogen-bond donors (Lipinski definition) is 0. The molecule has 0 aliphatic heterocycles. The molecule has 8 aromatic rings. The molecule has 8 aromatic carbocycles. The van der Waals surface area contributed by atoms with Gasteiger partial charge in [0.25, 0.3) is 0 Å². The quantitative estimate of drug-likeness (QED) is 0.175. The average Bonchev–Trinajstić information content (AvgIpc) is 3.41. The number of hydrogen-bond acceptors (Lipinski definition) is 1. The lowest BCUT2D eigenvalue weighted by atomic mass is 9.82. The van der Waals surface area contributed by atoms with Crippen molar-refractivity contribution in [3.8, 4) is 44.5 Å². The molecule has 0 saturated carbocycles. The van der Waals surface area contributed by atoms with Crippen LogP contribution in [0.25, 0.3) is 55.3 Å². The van der Waals surface area contributed by atoms with E-state index in [2.05, 4.69) is 207 Å². The lowest BCUT2D eigenvalue weighted by Gasteiger charge is -2.27. The van der Waals surface area contributed by atoms with Crippen molar-refractivity contribution in [2.45, 2.75) is 19.3 Å². The zero-order valence-corrected chi connectivity index (χ0v) is 28.3. The van der Waals surface area contributed by atoms with E-state index in [4.69, 9.17) is 0 Å². The van der Waals surface area contributed by atoms with Crippen molar-refractivity contribution < 1.29 is 0 Å². The van der Waals surface area contributed by atoms with Gasteiger partial charge in [0, 0.05) is 22.5 Å². The van der Waals surface area contributed by atoms with Gasteiger partial charge in [-0.25, -0.2) is 0 Å². The van der Waals surface area contributed by atoms with E-state index < -0.39 is 0 Å². The topological polar surface area (TPSA) is 3.24 Å². The first-order valence-electron chi connectivity index (χ1n) is 17.4. The molecule has 0 spiro atoms. The molecule has 50 heavy (non-hydrogen) atoms. The van der Waals surface area contributed by atoms with E-state index in [9.17, 15) is 0 Å². The summed E-state index contributed by atoms with van der Waals surface area (Å²) in [5.41, 5.74) is 16.1. The molecule has 1 aliphatic rings. The molecule has 0 heterocycles. The highest BCUT2D eigenvalue weighted by molar-refractivity contribution is 5.98. The number of nitrogens with zero attached hydrogens (tertiary/aromatic N) is 1. The summed E-state index contributed by atoms with van der Waals surface area (Å²) < 4.78 is 0. The summed E-state index contributed by atoms with van der Waals surface area (Å²) in [6.45, 7) is 4.72. The smallest absolute Gasteiger partial charge is 0.0468 e. The standard InChI is InChI=1S/C49H37N/c1-49(2)46-32-31-41(33-45(46)48-44(21-12-22-47(48)49)37-15-7-4-8-16-37)50(39-27-23-35(24-28-39)34-13-5-3-6-14-34)40-29-25-38(26-30-40)43-20-11-18-36-17-9-10-19-42(36)43/h3-33H,1-2H3. The Labute approximate surface area is 294 Å². The van der Waals surface area contributed by atoms with Gasteiger partial charge in [-0.15, -0.1) is 0 Å². The Morgan fingerprint density at radius 1 is 0.360 bits per heavy atom. The van der Waals surface area contributed by atoms with Gasteiger partial charge in [-0.05, 0) is 103 Å². The largest absolute Gasteiger partial charge is 0.310 e. The van der Waals surface area contributed by atoms with Crippen LogP contribution < -0.4 is 4.90 Å². The van der Waals surface area contributed by atoms with Crippen LogP contribution in [0.15, 0.2) is 188 Å². The van der Waals surface area contributed by atoms with E-state index in [1.807, 2.05) is 0 Å². The first kappa shape index (κ1) is 29.9. The predicted molar refractivity (Wildman–Crippen MR) is 213 cm³/mol. The highest BCUT2D eigenvalue weighted by Gasteiger charge is 2.37. The zero-order valence-electron chi connectivity index (χ0n) is 28.3. The molecule has 0 atom stereocenters. The van der Waals surface area contributed by atoms with E-state index in [0.29, 0.717) is 0 Å². The number of benzene rings is 8. The lowest BCUT2D eigenvalue weighted by Crippen LogP contribution is -2.15. The van der Waals surface area contributed by atoms with Gasteiger partial charge in [-0.2, -0.15) is 0 Å². The number of rotatable bonds is 6. The highest BCUT2D eigenvalue weighted by atomic mass is 15.1. The summed E-state index contributed by atoms with van der Waals surface area (Å²) in [6.07, 6.45) is 0. The van der Waals surface area contributed by atoms with Crippen LogP contribution in [-0.4, -0.2) is 0 Å². The van der Waals surface area contributed by atoms with Crippen molar-refractivity contribution in [3.63, 3.8) is 0 Å². The molecule has 0 bridgehead atoms. The first-order chi connectivity index (χ1) is 24.6. The van der Waals surface area contributed by atoms with Gasteiger partial charge < -0.3 is 4.90 Å². The van der Waals surface area contributed by atoms with Crippen molar-refractivity contribution in [1.29, 1.82) is 0 Å². The fraction of sp³-hybridized carbons (Fsp3) is 0.0612. The third-order valence-corrected chi connectivity index (χ3v) is 10.5. The molecule has 1 aliphatic carbocycles. The first-order valence-corrected chi connectivity index (χ1v) is 17.4. The van der Waals surface area contributed by atoms with Crippen LogP contribution >= 0.6 is 0 Å². The van der Waals surface area contributed by atoms with Gasteiger partial charge in [0.2, 0.25) is 0 Å². The maximum absolute atomic E-state index is 2.42. The fourth-order valence-electron chi connectivity index (χ4n) is 7.94. The average molecular weight is 640 g/mol. The summed E-state index contributed by atoms with van der Waals surface area (Å²) in [5.74, 6) is 0. The van der Waals surface area contributed by atoms with Crippen LogP contribution in [0.3, 0.4) is 0 Å². The zero-order chi connectivity index (χ0) is 33.7. The van der Waals surface area contributed by atoms with Crippen LogP contribution in [0.2, 0.25) is 0 Å². The summed E-state index contributed by atoms with van der Waals surface area (Å²) in [4.78, 5) is 2.40. The second-order valence-electron chi connectivity index (χ2n) is 13.8. The van der Waals surface area contributed by atoms with E-state index >= 15 is 0 Å². The second-order valence-corrected chi connectivity index (χ2v) is 13.8. The minimum atomic E-state index is -0.101. The van der Waals surface area contributed by atoms with Gasteiger partial charge in [-0.3, -0.25) is 0 Å². The maximum Gasteiger partial charge on any atom is 0.0468 e. The van der Waals surface area contributed by atoms with Crippen molar-refractivity contribution in [1.82, 2.24) is 0 Å². The monoisotopic (exact) mass is 639 g/mol. The Hall–Kier alpha value is -6.18. The molecular formula is C49H37N. The van der Waals surface area contributed by atoms with E-state index in [1.54, 1.807) is 0 Å². The third kappa shape index (κ3) is 5.02. The molecule has 1 nitrogen and oxygen atoms in total. The Morgan fingerprint density at radius 3 is 1.60 bits per heavy atom.